The van der Waals surface area contributed by atoms with Crippen LogP contribution in [0.4, 0.5) is 0 Å². The first-order chi connectivity index (χ1) is 4.27. The van der Waals surface area contributed by atoms with Crippen LogP contribution < -0.4 is 5.32 Å². The van der Waals surface area contributed by atoms with Crippen molar-refractivity contribution in [2.75, 3.05) is 0 Å². The van der Waals surface area contributed by atoms with Crippen molar-refractivity contribution in [1.29, 1.82) is 0 Å². The Labute approximate surface area is 54.6 Å². The lowest BCUT2D eigenvalue weighted by molar-refractivity contribution is -0.124. The van der Waals surface area contributed by atoms with Gasteiger partial charge in [-0.1, -0.05) is 6.92 Å². The molecule has 0 unspecified atom stereocenters. The highest BCUT2D eigenvalue weighted by molar-refractivity contribution is 5.82. The van der Waals surface area contributed by atoms with E-state index in [1.165, 1.54) is 0 Å². The third-order valence-corrected chi connectivity index (χ3v) is 2.58. The average molecular weight is 125 g/mol. The summed E-state index contributed by atoms with van der Waals surface area (Å²) in [6, 6.07) is 0.516. The molecule has 1 saturated carbocycles. The van der Waals surface area contributed by atoms with Crippen LogP contribution in [0.2, 0.25) is 0 Å². The van der Waals surface area contributed by atoms with Gasteiger partial charge in [-0.05, 0) is 18.8 Å². The molecule has 1 N–H and O–H groups in total. The summed E-state index contributed by atoms with van der Waals surface area (Å²) in [5, 5.41) is 2.96. The molecule has 50 valence electrons. The maximum absolute atomic E-state index is 10.9. The molecule has 2 bridgehead atoms. The topological polar surface area (TPSA) is 29.1 Å². The maximum atomic E-state index is 10.9. The minimum absolute atomic E-state index is 0.290. The highest BCUT2D eigenvalue weighted by Gasteiger charge is 2.42. The quantitative estimate of drug-likeness (QED) is 0.502. The van der Waals surface area contributed by atoms with E-state index in [-0.39, 0.29) is 5.91 Å². The van der Waals surface area contributed by atoms with E-state index in [2.05, 4.69) is 12.2 Å². The zero-order valence-corrected chi connectivity index (χ0v) is 5.55. The number of carbonyl (C=O) groups is 1. The van der Waals surface area contributed by atoms with Crippen LogP contribution in [0.5, 0.6) is 0 Å². The van der Waals surface area contributed by atoms with E-state index in [9.17, 15) is 4.79 Å². The number of nitrogens with one attached hydrogen (secondary N) is 1. The second kappa shape index (κ2) is 1.49. The predicted molar refractivity (Wildman–Crippen MR) is 33.8 cm³/mol. The first kappa shape index (κ1) is 5.27. The van der Waals surface area contributed by atoms with Gasteiger partial charge in [-0.15, -0.1) is 0 Å². The lowest BCUT2D eigenvalue weighted by Gasteiger charge is -2.17. The van der Waals surface area contributed by atoms with Gasteiger partial charge in [-0.3, -0.25) is 4.79 Å². The van der Waals surface area contributed by atoms with Crippen LogP contribution in [0.1, 0.15) is 19.8 Å². The normalized spacial score (nSPS) is 47.7. The first-order valence-corrected chi connectivity index (χ1v) is 3.58. The largest absolute Gasteiger partial charge is 0.353 e. The molecule has 1 aliphatic carbocycles. The monoisotopic (exact) mass is 125 g/mol. The second-order valence-electron chi connectivity index (χ2n) is 3.26. The summed E-state index contributed by atoms with van der Waals surface area (Å²) in [6.07, 6.45) is 2.22. The van der Waals surface area contributed by atoms with Gasteiger partial charge in [0, 0.05) is 12.0 Å². The van der Waals surface area contributed by atoms with Gasteiger partial charge in [-0.25, -0.2) is 0 Å². The van der Waals surface area contributed by atoms with E-state index in [0.29, 0.717) is 12.0 Å². The zero-order chi connectivity index (χ0) is 6.43. The highest BCUT2D eigenvalue weighted by Crippen LogP contribution is 2.35. The van der Waals surface area contributed by atoms with Crippen LogP contribution >= 0.6 is 0 Å². The minimum atomic E-state index is 0.290. The summed E-state index contributed by atoms with van der Waals surface area (Å²) in [5.74, 6) is 1.38. The van der Waals surface area contributed by atoms with Crippen LogP contribution in [0, 0.1) is 11.8 Å². The van der Waals surface area contributed by atoms with Crippen LogP contribution in [-0.2, 0) is 4.79 Å². The molecule has 0 spiro atoms. The van der Waals surface area contributed by atoms with Crippen molar-refractivity contribution in [1.82, 2.24) is 5.32 Å². The van der Waals surface area contributed by atoms with Crippen LogP contribution in [0.15, 0.2) is 0 Å². The third-order valence-electron chi connectivity index (χ3n) is 2.58. The zero-order valence-electron chi connectivity index (χ0n) is 5.55. The molecule has 1 aliphatic heterocycles. The number of fused-ring (bicyclic) bond motifs is 2. The SMILES string of the molecule is C[C@H]1C[C@H]2C[C@@H]1NC2=O. The van der Waals surface area contributed by atoms with Crippen molar-refractivity contribution >= 4 is 5.91 Å². The number of hydrogen-bond acceptors (Lipinski definition) is 1. The molecule has 2 rings (SSSR count). The molecule has 1 amide bonds. The van der Waals surface area contributed by atoms with E-state index >= 15 is 0 Å². The molecule has 2 nitrogen and oxygen atoms in total. The molecule has 0 aromatic rings. The van der Waals surface area contributed by atoms with Crippen LogP contribution in [0.25, 0.3) is 0 Å². The summed E-state index contributed by atoms with van der Waals surface area (Å²) >= 11 is 0. The Morgan fingerprint density at radius 2 is 2.33 bits per heavy atom. The van der Waals surface area contributed by atoms with E-state index in [1.54, 1.807) is 0 Å². The molecule has 2 fully saturated rings. The molecule has 1 heterocycles. The standard InChI is InChI=1S/C7H11NO/c1-4-2-5-3-6(4)8-7(5)9/h4-6H,2-3H2,1H3,(H,8,9)/t4-,5-,6-/m0/s1. The maximum Gasteiger partial charge on any atom is 0.223 e. The third kappa shape index (κ3) is 0.590. The van der Waals surface area contributed by atoms with Gasteiger partial charge in [0.25, 0.3) is 0 Å². The number of amides is 1. The summed E-state index contributed by atoms with van der Waals surface area (Å²) < 4.78 is 0. The first-order valence-electron chi connectivity index (χ1n) is 3.58. The van der Waals surface area contributed by atoms with Gasteiger partial charge in [0.15, 0.2) is 0 Å². The van der Waals surface area contributed by atoms with Gasteiger partial charge >= 0.3 is 0 Å². The fraction of sp³-hybridized carbons (Fsp3) is 0.857. The van der Waals surface area contributed by atoms with Crippen molar-refractivity contribution in [3.63, 3.8) is 0 Å². The minimum Gasteiger partial charge on any atom is -0.353 e. The molecule has 2 heteroatoms. The Balaban J connectivity index is 2.19. The molecule has 0 aromatic heterocycles. The van der Waals surface area contributed by atoms with Crippen molar-refractivity contribution in [2.45, 2.75) is 25.8 Å². The number of hydrogen-bond donors (Lipinski definition) is 1. The van der Waals surface area contributed by atoms with Gasteiger partial charge in [0.2, 0.25) is 5.91 Å². The van der Waals surface area contributed by atoms with Crippen molar-refractivity contribution < 1.29 is 4.79 Å². The van der Waals surface area contributed by atoms with Gasteiger partial charge < -0.3 is 5.32 Å². The summed E-state index contributed by atoms with van der Waals surface area (Å²) in [5.41, 5.74) is 0. The highest BCUT2D eigenvalue weighted by atomic mass is 16.2. The van der Waals surface area contributed by atoms with Gasteiger partial charge in [-0.2, -0.15) is 0 Å². The van der Waals surface area contributed by atoms with Crippen molar-refractivity contribution in [3.8, 4) is 0 Å². The van der Waals surface area contributed by atoms with Gasteiger partial charge in [0.05, 0.1) is 0 Å². The second-order valence-corrected chi connectivity index (χ2v) is 3.26. The average Bonchev–Trinajstić information content (AvgIpc) is 2.24. The van der Waals surface area contributed by atoms with E-state index < -0.39 is 0 Å². The fourth-order valence-corrected chi connectivity index (χ4v) is 1.96. The summed E-state index contributed by atoms with van der Waals surface area (Å²) in [7, 11) is 0. The van der Waals surface area contributed by atoms with Crippen molar-refractivity contribution in [2.24, 2.45) is 11.8 Å². The Bertz CT molecular complexity index is 153. The summed E-state index contributed by atoms with van der Waals surface area (Å²) in [6.45, 7) is 2.21. The lowest BCUT2D eigenvalue weighted by atomic mass is 10.0. The molecular weight excluding hydrogens is 114 g/mol. The van der Waals surface area contributed by atoms with Gasteiger partial charge in [0.1, 0.15) is 0 Å². The Morgan fingerprint density at radius 1 is 1.56 bits per heavy atom. The van der Waals surface area contributed by atoms with E-state index in [1.807, 2.05) is 0 Å². The lowest BCUT2D eigenvalue weighted by Crippen LogP contribution is -2.35. The Hall–Kier alpha value is -0.530. The molecule has 0 aromatic carbocycles. The van der Waals surface area contributed by atoms with Crippen LogP contribution in [0.3, 0.4) is 0 Å². The molecule has 1 saturated heterocycles. The molecule has 3 atom stereocenters. The summed E-state index contributed by atoms with van der Waals surface area (Å²) in [4.78, 5) is 10.9. The number of rotatable bonds is 0. The molecule has 0 radical (unpaired) electrons. The van der Waals surface area contributed by atoms with Crippen LogP contribution in [-0.4, -0.2) is 11.9 Å². The molecule has 2 aliphatic rings. The predicted octanol–water partition coefficient (Wildman–Crippen LogP) is 0.531. The number of piperidine rings is 1. The Morgan fingerprint density at radius 3 is 2.67 bits per heavy atom. The Kier molecular flexibility index (Phi) is 0.875. The van der Waals surface area contributed by atoms with E-state index in [4.69, 9.17) is 0 Å². The molecule has 9 heavy (non-hydrogen) atoms. The van der Waals surface area contributed by atoms with Crippen molar-refractivity contribution in [3.05, 3.63) is 0 Å². The number of carbonyl (C=O) groups excluding carboxylic acids is 1. The molecular formula is C7H11NO. The fourth-order valence-electron chi connectivity index (χ4n) is 1.96. The smallest absolute Gasteiger partial charge is 0.223 e. The van der Waals surface area contributed by atoms with E-state index in [0.717, 1.165) is 18.8 Å².